The molecule has 2 aromatic rings. The van der Waals surface area contributed by atoms with Crippen LogP contribution in [0.1, 0.15) is 49.7 Å². The van der Waals surface area contributed by atoms with Gasteiger partial charge in [-0.3, -0.25) is 4.79 Å². The van der Waals surface area contributed by atoms with Gasteiger partial charge in [-0.25, -0.2) is 4.79 Å². The summed E-state index contributed by atoms with van der Waals surface area (Å²) in [7, 11) is 1.32. The van der Waals surface area contributed by atoms with Gasteiger partial charge in [-0.15, -0.1) is 0 Å². The van der Waals surface area contributed by atoms with Gasteiger partial charge in [-0.1, -0.05) is 23.7 Å². The summed E-state index contributed by atoms with van der Waals surface area (Å²) in [5.41, 5.74) is 4.00. The summed E-state index contributed by atoms with van der Waals surface area (Å²) in [4.78, 5) is 26.5. The monoisotopic (exact) mass is 545 g/mol. The predicted molar refractivity (Wildman–Crippen MR) is 133 cm³/mol. The van der Waals surface area contributed by atoms with E-state index in [4.69, 9.17) is 21.1 Å². The Morgan fingerprint density at radius 2 is 1.91 bits per heavy atom. The predicted octanol–water partition coefficient (Wildman–Crippen LogP) is 5.74. The summed E-state index contributed by atoms with van der Waals surface area (Å²) in [6.45, 7) is 3.97. The molecule has 2 atom stereocenters. The third-order valence-corrected chi connectivity index (χ3v) is 7.11. The van der Waals surface area contributed by atoms with Gasteiger partial charge in [0.05, 0.1) is 23.8 Å². The van der Waals surface area contributed by atoms with Crippen molar-refractivity contribution in [3.8, 4) is 11.5 Å². The van der Waals surface area contributed by atoms with Crippen molar-refractivity contribution in [2.24, 2.45) is 0 Å². The fraction of sp³-hybridized carbons (Fsp3) is 0.308. The first-order valence-electron chi connectivity index (χ1n) is 11.0. The van der Waals surface area contributed by atoms with E-state index in [9.17, 15) is 14.7 Å². The maximum atomic E-state index is 13.6. The number of ether oxygens (including phenoxy) is 2. The number of methoxy groups -OCH3 is 1. The Morgan fingerprint density at radius 1 is 1.21 bits per heavy atom. The molecular formula is C26H25BrClNO5. The molecule has 2 N–H and O–H groups in total. The summed E-state index contributed by atoms with van der Waals surface area (Å²) in [6.07, 6.45) is 0.923. The van der Waals surface area contributed by atoms with E-state index >= 15 is 0 Å². The van der Waals surface area contributed by atoms with Crippen LogP contribution in [0.15, 0.2) is 63.4 Å². The number of halogens is 2. The largest absolute Gasteiger partial charge is 0.503 e. The van der Waals surface area contributed by atoms with Gasteiger partial charge in [0, 0.05) is 34.3 Å². The van der Waals surface area contributed by atoms with Gasteiger partial charge in [0.2, 0.25) is 0 Å². The molecule has 1 aliphatic heterocycles. The molecule has 0 amide bonds. The summed E-state index contributed by atoms with van der Waals surface area (Å²) >= 11 is 9.43. The lowest BCUT2D eigenvalue weighted by molar-refractivity contribution is -0.136. The minimum Gasteiger partial charge on any atom is -0.503 e. The number of allylic oxidation sites excluding steroid dienone is 3. The molecule has 0 saturated carbocycles. The third-order valence-electron chi connectivity index (χ3n) is 6.26. The fourth-order valence-corrected chi connectivity index (χ4v) is 5.34. The van der Waals surface area contributed by atoms with Crippen LogP contribution in [0.3, 0.4) is 0 Å². The number of phenols is 1. The van der Waals surface area contributed by atoms with Crippen LogP contribution in [0.4, 0.5) is 0 Å². The SMILES string of the molecule is CCOc1cc(C2C(C(=O)OC)=C(C)NC3=C2C(=O)CC(c2ccc(Cl)cc2)C3)cc(Br)c1O. The molecule has 178 valence electrons. The molecule has 6 nitrogen and oxygen atoms in total. The standard InChI is InChI=1S/C26H25BrClNO5/c1-4-34-21-12-16(9-18(27)25(21)31)23-22(26(32)33-3)13(2)29-19-10-15(11-20(30)24(19)23)14-5-7-17(28)8-6-14/h5-9,12,15,23,29,31H,4,10-11H2,1-3H3. The smallest absolute Gasteiger partial charge is 0.336 e. The van der Waals surface area contributed by atoms with E-state index in [1.54, 1.807) is 19.1 Å². The van der Waals surface area contributed by atoms with Crippen molar-refractivity contribution in [1.29, 1.82) is 0 Å². The number of benzene rings is 2. The molecule has 2 aliphatic rings. The quantitative estimate of drug-likeness (QED) is 0.465. The molecule has 4 rings (SSSR count). The Labute approximate surface area is 211 Å². The van der Waals surface area contributed by atoms with Crippen LogP contribution < -0.4 is 10.1 Å². The molecule has 0 aromatic heterocycles. The number of hydrogen-bond donors (Lipinski definition) is 2. The van der Waals surface area contributed by atoms with Gasteiger partial charge in [0.15, 0.2) is 17.3 Å². The normalized spacial score (nSPS) is 20.1. The molecule has 2 unspecified atom stereocenters. The molecule has 34 heavy (non-hydrogen) atoms. The molecule has 0 saturated heterocycles. The number of ketones is 1. The van der Waals surface area contributed by atoms with Crippen molar-refractivity contribution < 1.29 is 24.2 Å². The number of aromatic hydroxyl groups is 1. The van der Waals surface area contributed by atoms with E-state index in [1.807, 2.05) is 31.2 Å². The van der Waals surface area contributed by atoms with Crippen LogP contribution in [-0.2, 0) is 14.3 Å². The van der Waals surface area contributed by atoms with Crippen LogP contribution >= 0.6 is 27.5 Å². The van der Waals surface area contributed by atoms with Gasteiger partial charge in [-0.2, -0.15) is 0 Å². The van der Waals surface area contributed by atoms with Crippen molar-refractivity contribution >= 4 is 39.3 Å². The molecule has 0 bridgehead atoms. The molecule has 0 spiro atoms. The van der Waals surface area contributed by atoms with E-state index in [2.05, 4.69) is 21.2 Å². The number of phenolic OH excluding ortho intramolecular Hbond substituents is 1. The molecule has 0 fully saturated rings. The average Bonchev–Trinajstić information content (AvgIpc) is 2.81. The second-order valence-electron chi connectivity index (χ2n) is 8.34. The molecule has 1 heterocycles. The maximum Gasteiger partial charge on any atom is 0.336 e. The van der Waals surface area contributed by atoms with Gasteiger partial charge in [-0.05, 0) is 77.5 Å². The average molecular weight is 547 g/mol. The highest BCUT2D eigenvalue weighted by molar-refractivity contribution is 9.10. The van der Waals surface area contributed by atoms with Crippen LogP contribution in [0.2, 0.25) is 5.02 Å². The van der Waals surface area contributed by atoms with Gasteiger partial charge in [0.25, 0.3) is 0 Å². The summed E-state index contributed by atoms with van der Waals surface area (Å²) in [5, 5.41) is 14.4. The molecule has 2 aromatic carbocycles. The van der Waals surface area contributed by atoms with Crippen molar-refractivity contribution in [2.75, 3.05) is 13.7 Å². The highest BCUT2D eigenvalue weighted by Crippen LogP contribution is 2.48. The van der Waals surface area contributed by atoms with Gasteiger partial charge in [0.1, 0.15) is 0 Å². The lowest BCUT2D eigenvalue weighted by Crippen LogP contribution is -2.36. The van der Waals surface area contributed by atoms with E-state index in [0.717, 1.165) is 11.3 Å². The third kappa shape index (κ3) is 4.46. The lowest BCUT2D eigenvalue weighted by Gasteiger charge is -2.36. The number of carbonyl (C=O) groups excluding carboxylic acids is 2. The minimum atomic E-state index is -0.654. The minimum absolute atomic E-state index is 0.00492. The van der Waals surface area contributed by atoms with E-state index < -0.39 is 11.9 Å². The maximum absolute atomic E-state index is 13.6. The van der Waals surface area contributed by atoms with Crippen molar-refractivity contribution in [2.45, 2.75) is 38.5 Å². The zero-order valence-electron chi connectivity index (χ0n) is 19.1. The number of nitrogens with one attached hydrogen (secondary N) is 1. The van der Waals surface area contributed by atoms with Crippen molar-refractivity contribution in [3.63, 3.8) is 0 Å². The zero-order valence-corrected chi connectivity index (χ0v) is 21.4. The number of dihydropyridines is 1. The van der Waals surface area contributed by atoms with E-state index in [0.29, 0.717) is 51.4 Å². The van der Waals surface area contributed by atoms with Crippen molar-refractivity contribution in [3.05, 3.63) is 79.6 Å². The Balaban J connectivity index is 1.85. The lowest BCUT2D eigenvalue weighted by atomic mass is 9.71. The fourth-order valence-electron chi connectivity index (χ4n) is 4.75. The summed E-state index contributed by atoms with van der Waals surface area (Å²) < 4.78 is 11.1. The first kappa shape index (κ1) is 24.4. The van der Waals surface area contributed by atoms with Crippen molar-refractivity contribution in [1.82, 2.24) is 5.32 Å². The Morgan fingerprint density at radius 3 is 2.56 bits per heavy atom. The molecule has 1 aliphatic carbocycles. The molecule has 0 radical (unpaired) electrons. The number of Topliss-reactive ketones (excluding diaryl/α,β-unsaturated/α-hetero) is 1. The summed E-state index contributed by atoms with van der Waals surface area (Å²) in [5.74, 6) is -0.984. The number of rotatable bonds is 5. The Bertz CT molecular complexity index is 1220. The summed E-state index contributed by atoms with van der Waals surface area (Å²) in [6, 6.07) is 10.9. The van der Waals surface area contributed by atoms with Crippen LogP contribution in [0.5, 0.6) is 11.5 Å². The van der Waals surface area contributed by atoms with Crippen LogP contribution in [0, 0.1) is 0 Å². The molecular weight excluding hydrogens is 522 g/mol. The number of carbonyl (C=O) groups is 2. The second-order valence-corrected chi connectivity index (χ2v) is 9.63. The van der Waals surface area contributed by atoms with Crippen LogP contribution in [0.25, 0.3) is 0 Å². The van der Waals surface area contributed by atoms with E-state index in [1.165, 1.54) is 7.11 Å². The highest BCUT2D eigenvalue weighted by atomic mass is 79.9. The number of hydrogen-bond acceptors (Lipinski definition) is 6. The Hall–Kier alpha value is -2.77. The highest BCUT2D eigenvalue weighted by Gasteiger charge is 2.41. The second kappa shape index (κ2) is 9.84. The molecule has 8 heteroatoms. The first-order valence-corrected chi connectivity index (χ1v) is 12.1. The first-order chi connectivity index (χ1) is 16.2. The van der Waals surface area contributed by atoms with Gasteiger partial charge >= 0.3 is 5.97 Å². The topological polar surface area (TPSA) is 84.9 Å². The van der Waals surface area contributed by atoms with Crippen LogP contribution in [-0.4, -0.2) is 30.6 Å². The van der Waals surface area contributed by atoms with E-state index in [-0.39, 0.29) is 23.2 Å². The number of esters is 1. The zero-order chi connectivity index (χ0) is 24.6. The van der Waals surface area contributed by atoms with Gasteiger partial charge < -0.3 is 19.9 Å². The Kier molecular flexibility index (Phi) is 7.05.